The fraction of sp³-hybridized carbons (Fsp3) is 0.316. The molecule has 0 aliphatic carbocycles. The van der Waals surface area contributed by atoms with E-state index in [1.165, 1.54) is 17.7 Å². The third-order valence-electron chi connectivity index (χ3n) is 3.65. The Kier molecular flexibility index (Phi) is 7.26. The summed E-state index contributed by atoms with van der Waals surface area (Å²) in [6.45, 7) is 4.78. The lowest BCUT2D eigenvalue weighted by Gasteiger charge is -2.21. The number of unbranched alkanes of at least 4 members (excludes halogenated alkanes) is 1. The summed E-state index contributed by atoms with van der Waals surface area (Å²) in [5, 5.41) is 8.47. The Balaban J connectivity index is 1.99. The van der Waals surface area contributed by atoms with E-state index in [0.717, 1.165) is 38.2 Å². The number of hydroxylamine groups is 1. The average Bonchev–Trinajstić information content (AvgIpc) is 3.06. The molecular formula is C19H24N2O3. The number of amides is 1. The van der Waals surface area contributed by atoms with Crippen LogP contribution in [0.25, 0.3) is 6.08 Å². The van der Waals surface area contributed by atoms with Gasteiger partial charge in [0, 0.05) is 12.6 Å². The van der Waals surface area contributed by atoms with Gasteiger partial charge in [-0.05, 0) is 36.7 Å². The molecule has 5 nitrogen and oxygen atoms in total. The molecule has 5 heteroatoms. The van der Waals surface area contributed by atoms with Gasteiger partial charge in [-0.25, -0.2) is 5.48 Å². The highest BCUT2D eigenvalue weighted by Gasteiger charge is 2.09. The summed E-state index contributed by atoms with van der Waals surface area (Å²) in [5.41, 5.74) is 2.83. The van der Waals surface area contributed by atoms with Gasteiger partial charge in [0.05, 0.1) is 6.54 Å². The van der Waals surface area contributed by atoms with Gasteiger partial charge in [0.2, 0.25) is 0 Å². The summed E-state index contributed by atoms with van der Waals surface area (Å²) >= 11 is 0. The molecule has 0 aliphatic heterocycles. The lowest BCUT2D eigenvalue weighted by atomic mass is 10.2. The molecule has 0 atom stereocenters. The molecule has 128 valence electrons. The predicted molar refractivity (Wildman–Crippen MR) is 93.1 cm³/mol. The van der Waals surface area contributed by atoms with Gasteiger partial charge < -0.3 is 4.42 Å². The van der Waals surface area contributed by atoms with Crippen LogP contribution in [0.1, 0.15) is 36.8 Å². The number of benzene rings is 1. The Labute approximate surface area is 142 Å². The SMILES string of the molecule is CCCCN(Cc1ccccc1)Cc1ccc(/C=C/C(=O)NO)o1. The number of carbonyl (C=O) groups is 1. The van der Waals surface area contributed by atoms with Gasteiger partial charge in [-0.3, -0.25) is 14.9 Å². The minimum atomic E-state index is -0.582. The summed E-state index contributed by atoms with van der Waals surface area (Å²) in [5.74, 6) is 0.858. The molecule has 2 aromatic rings. The van der Waals surface area contributed by atoms with Crippen LogP contribution in [0.15, 0.2) is 53.0 Å². The van der Waals surface area contributed by atoms with Crippen molar-refractivity contribution in [3.8, 4) is 0 Å². The quantitative estimate of drug-likeness (QED) is 0.419. The molecule has 0 saturated heterocycles. The van der Waals surface area contributed by atoms with E-state index in [-0.39, 0.29) is 0 Å². The second-order valence-corrected chi connectivity index (χ2v) is 5.66. The van der Waals surface area contributed by atoms with Crippen molar-refractivity contribution >= 4 is 12.0 Å². The summed E-state index contributed by atoms with van der Waals surface area (Å²) in [6, 6.07) is 14.1. The van der Waals surface area contributed by atoms with Crippen LogP contribution in [-0.2, 0) is 17.9 Å². The van der Waals surface area contributed by atoms with Crippen LogP contribution in [0.2, 0.25) is 0 Å². The largest absolute Gasteiger partial charge is 0.460 e. The summed E-state index contributed by atoms with van der Waals surface area (Å²) < 4.78 is 5.74. The number of nitrogens with one attached hydrogen (secondary N) is 1. The van der Waals surface area contributed by atoms with Crippen molar-refractivity contribution in [2.45, 2.75) is 32.9 Å². The first-order chi connectivity index (χ1) is 11.7. The van der Waals surface area contributed by atoms with E-state index in [9.17, 15) is 4.79 Å². The molecule has 1 aromatic carbocycles. The monoisotopic (exact) mass is 328 g/mol. The van der Waals surface area contributed by atoms with Gasteiger partial charge in [0.1, 0.15) is 11.5 Å². The van der Waals surface area contributed by atoms with Gasteiger partial charge in [-0.1, -0.05) is 43.7 Å². The van der Waals surface area contributed by atoms with E-state index in [1.54, 1.807) is 5.48 Å². The molecule has 0 saturated carbocycles. The summed E-state index contributed by atoms with van der Waals surface area (Å²) in [7, 11) is 0. The standard InChI is InChI=1S/C19H24N2O3/c1-2-3-13-21(14-16-7-5-4-6-8-16)15-18-10-9-17(24-18)11-12-19(22)20-23/h4-12,23H,2-3,13-15H2,1H3,(H,20,22)/b12-11+. The molecule has 0 aliphatic rings. The van der Waals surface area contributed by atoms with Gasteiger partial charge in [0.15, 0.2) is 0 Å². The van der Waals surface area contributed by atoms with Crippen LogP contribution < -0.4 is 5.48 Å². The highest BCUT2D eigenvalue weighted by atomic mass is 16.5. The molecule has 0 fully saturated rings. The first-order valence-corrected chi connectivity index (χ1v) is 8.18. The lowest BCUT2D eigenvalue weighted by Crippen LogP contribution is -2.23. The van der Waals surface area contributed by atoms with Gasteiger partial charge >= 0.3 is 0 Å². The smallest absolute Gasteiger partial charge is 0.267 e. The summed E-state index contributed by atoms with van der Waals surface area (Å²) in [6.07, 6.45) is 5.04. The molecule has 0 bridgehead atoms. The first kappa shape index (κ1) is 18.0. The normalized spacial score (nSPS) is 11.3. The van der Waals surface area contributed by atoms with Crippen molar-refractivity contribution in [3.63, 3.8) is 0 Å². The molecule has 0 radical (unpaired) electrons. The topological polar surface area (TPSA) is 65.7 Å². The molecule has 2 rings (SSSR count). The second kappa shape index (κ2) is 9.70. The molecule has 1 heterocycles. The Bertz CT molecular complexity index is 650. The lowest BCUT2D eigenvalue weighted by molar-refractivity contribution is -0.124. The van der Waals surface area contributed by atoms with Gasteiger partial charge in [-0.15, -0.1) is 0 Å². The van der Waals surface area contributed by atoms with Crippen LogP contribution >= 0.6 is 0 Å². The van der Waals surface area contributed by atoms with Crippen molar-refractivity contribution in [2.24, 2.45) is 0 Å². The van der Waals surface area contributed by atoms with Crippen molar-refractivity contribution < 1.29 is 14.4 Å². The Morgan fingerprint density at radius 3 is 2.71 bits per heavy atom. The number of carbonyl (C=O) groups excluding carboxylic acids is 1. The van der Waals surface area contributed by atoms with Crippen molar-refractivity contribution in [1.82, 2.24) is 10.4 Å². The number of rotatable bonds is 9. The Morgan fingerprint density at radius 2 is 2.00 bits per heavy atom. The number of hydrogen-bond acceptors (Lipinski definition) is 4. The Morgan fingerprint density at radius 1 is 1.21 bits per heavy atom. The molecule has 2 N–H and O–H groups in total. The minimum absolute atomic E-state index is 0.582. The fourth-order valence-corrected chi connectivity index (χ4v) is 2.42. The molecule has 24 heavy (non-hydrogen) atoms. The maximum absolute atomic E-state index is 11.0. The predicted octanol–water partition coefficient (Wildman–Crippen LogP) is 3.60. The number of furan rings is 1. The molecule has 1 amide bonds. The highest BCUT2D eigenvalue weighted by Crippen LogP contribution is 2.15. The zero-order valence-electron chi connectivity index (χ0n) is 13.9. The van der Waals surface area contributed by atoms with Crippen LogP contribution in [0.5, 0.6) is 0 Å². The van der Waals surface area contributed by atoms with E-state index >= 15 is 0 Å². The van der Waals surface area contributed by atoms with Crippen molar-refractivity contribution in [3.05, 3.63) is 65.6 Å². The maximum Gasteiger partial charge on any atom is 0.267 e. The van der Waals surface area contributed by atoms with Crippen LogP contribution in [-0.4, -0.2) is 22.6 Å². The Hall–Kier alpha value is -2.37. The maximum atomic E-state index is 11.0. The van der Waals surface area contributed by atoms with Crippen molar-refractivity contribution in [1.29, 1.82) is 0 Å². The van der Waals surface area contributed by atoms with Gasteiger partial charge in [0.25, 0.3) is 5.91 Å². The van der Waals surface area contributed by atoms with E-state index < -0.39 is 5.91 Å². The van der Waals surface area contributed by atoms with E-state index in [4.69, 9.17) is 9.62 Å². The number of nitrogens with zero attached hydrogens (tertiary/aromatic N) is 1. The molecule has 1 aromatic heterocycles. The van der Waals surface area contributed by atoms with Crippen molar-refractivity contribution in [2.75, 3.05) is 6.54 Å². The highest BCUT2D eigenvalue weighted by molar-refractivity contribution is 5.90. The fourth-order valence-electron chi connectivity index (χ4n) is 2.42. The minimum Gasteiger partial charge on any atom is -0.460 e. The van der Waals surface area contributed by atoms with Crippen LogP contribution in [0, 0.1) is 0 Å². The average molecular weight is 328 g/mol. The zero-order valence-corrected chi connectivity index (χ0v) is 13.9. The van der Waals surface area contributed by atoms with Gasteiger partial charge in [-0.2, -0.15) is 0 Å². The zero-order chi connectivity index (χ0) is 17.2. The molecule has 0 unspecified atom stereocenters. The summed E-state index contributed by atoms with van der Waals surface area (Å²) in [4.78, 5) is 13.3. The second-order valence-electron chi connectivity index (χ2n) is 5.66. The third kappa shape index (κ3) is 6.02. The molecular weight excluding hydrogens is 304 g/mol. The molecule has 0 spiro atoms. The van der Waals surface area contributed by atoms with E-state index in [0.29, 0.717) is 5.76 Å². The van der Waals surface area contributed by atoms with Crippen LogP contribution in [0.3, 0.4) is 0 Å². The first-order valence-electron chi connectivity index (χ1n) is 8.18. The number of hydrogen-bond donors (Lipinski definition) is 2. The van der Waals surface area contributed by atoms with E-state index in [2.05, 4.69) is 36.1 Å². The van der Waals surface area contributed by atoms with E-state index in [1.807, 2.05) is 18.2 Å². The third-order valence-corrected chi connectivity index (χ3v) is 3.65. The van der Waals surface area contributed by atoms with Crippen LogP contribution in [0.4, 0.5) is 0 Å².